The molecule has 1 amide bonds. The highest BCUT2D eigenvalue weighted by molar-refractivity contribution is 5.80. The van der Waals surface area contributed by atoms with E-state index in [-0.39, 0.29) is 24.7 Å². The van der Waals surface area contributed by atoms with Crippen LogP contribution in [0.15, 0.2) is 24.3 Å². The zero-order chi connectivity index (χ0) is 15.8. The third-order valence-corrected chi connectivity index (χ3v) is 3.77. The molecule has 1 fully saturated rings. The lowest BCUT2D eigenvalue weighted by atomic mass is 10.2. The highest BCUT2D eigenvalue weighted by Crippen LogP contribution is 2.17. The van der Waals surface area contributed by atoms with Gasteiger partial charge in [-0.3, -0.25) is 4.79 Å². The van der Waals surface area contributed by atoms with Crippen molar-refractivity contribution in [1.29, 1.82) is 0 Å². The Kier molecular flexibility index (Phi) is 6.52. The van der Waals surface area contributed by atoms with E-state index in [2.05, 4.69) is 17.6 Å². The maximum atomic E-state index is 11.8. The van der Waals surface area contributed by atoms with Gasteiger partial charge in [0.1, 0.15) is 5.75 Å². The van der Waals surface area contributed by atoms with Gasteiger partial charge < -0.3 is 20.1 Å². The van der Waals surface area contributed by atoms with E-state index >= 15 is 0 Å². The monoisotopic (exact) mass is 306 g/mol. The van der Waals surface area contributed by atoms with Crippen molar-refractivity contribution in [2.24, 2.45) is 0 Å². The van der Waals surface area contributed by atoms with Crippen LogP contribution < -0.4 is 15.4 Å². The van der Waals surface area contributed by atoms with Gasteiger partial charge in [-0.2, -0.15) is 0 Å². The molecule has 1 saturated heterocycles. The number of benzene rings is 1. The summed E-state index contributed by atoms with van der Waals surface area (Å²) in [6, 6.07) is 7.67. The van der Waals surface area contributed by atoms with E-state index in [1.54, 1.807) is 0 Å². The predicted octanol–water partition coefficient (Wildman–Crippen LogP) is 2.57. The van der Waals surface area contributed by atoms with E-state index in [1.807, 2.05) is 31.2 Å². The minimum absolute atomic E-state index is 0.0181. The van der Waals surface area contributed by atoms with Gasteiger partial charge in [-0.1, -0.05) is 6.92 Å². The van der Waals surface area contributed by atoms with E-state index in [9.17, 15) is 4.79 Å². The highest BCUT2D eigenvalue weighted by Gasteiger charge is 2.15. The molecule has 2 rings (SSSR count). The van der Waals surface area contributed by atoms with Gasteiger partial charge in [-0.25, -0.2) is 0 Å². The zero-order valence-electron chi connectivity index (χ0n) is 13.4. The predicted molar refractivity (Wildman–Crippen MR) is 87.3 cm³/mol. The van der Waals surface area contributed by atoms with Crippen LogP contribution in [0.3, 0.4) is 0 Å². The van der Waals surface area contributed by atoms with Crippen molar-refractivity contribution in [1.82, 2.24) is 5.32 Å². The molecule has 1 aromatic carbocycles. The van der Waals surface area contributed by atoms with Crippen LogP contribution in [0, 0.1) is 0 Å². The minimum Gasteiger partial charge on any atom is -0.491 e. The Morgan fingerprint density at radius 2 is 2.18 bits per heavy atom. The first-order valence-electron chi connectivity index (χ1n) is 8.06. The minimum atomic E-state index is -0.0181. The van der Waals surface area contributed by atoms with E-state index in [0.717, 1.165) is 37.3 Å². The number of carbonyl (C=O) groups excluding carboxylic acids is 1. The average molecular weight is 306 g/mol. The molecule has 2 N–H and O–H groups in total. The Morgan fingerprint density at radius 1 is 1.41 bits per heavy atom. The first-order chi connectivity index (χ1) is 10.7. The molecule has 2 atom stereocenters. The Labute approximate surface area is 132 Å². The van der Waals surface area contributed by atoms with Crippen LogP contribution in [0.1, 0.15) is 33.1 Å². The largest absolute Gasteiger partial charge is 0.491 e. The summed E-state index contributed by atoms with van der Waals surface area (Å²) in [5.74, 6) is 0.832. The topological polar surface area (TPSA) is 59.6 Å². The molecule has 1 aromatic rings. The number of carbonyl (C=O) groups is 1. The van der Waals surface area contributed by atoms with Crippen molar-refractivity contribution >= 4 is 11.6 Å². The van der Waals surface area contributed by atoms with Crippen molar-refractivity contribution in [2.75, 3.05) is 25.0 Å². The molecular formula is C17H26N2O3. The molecule has 2 unspecified atom stereocenters. The maximum Gasteiger partial charge on any atom is 0.239 e. The number of nitrogens with one attached hydrogen (secondary N) is 2. The molecule has 122 valence electrons. The molecule has 1 aliphatic heterocycles. The lowest BCUT2D eigenvalue weighted by Crippen LogP contribution is -2.35. The smallest absolute Gasteiger partial charge is 0.239 e. The Balaban J connectivity index is 1.68. The van der Waals surface area contributed by atoms with E-state index in [0.29, 0.717) is 6.54 Å². The van der Waals surface area contributed by atoms with Gasteiger partial charge in [0, 0.05) is 18.8 Å². The lowest BCUT2D eigenvalue weighted by Gasteiger charge is -2.14. The third kappa shape index (κ3) is 5.56. The summed E-state index contributed by atoms with van der Waals surface area (Å²) in [5.41, 5.74) is 0.906. The van der Waals surface area contributed by atoms with Crippen molar-refractivity contribution in [3.63, 3.8) is 0 Å². The summed E-state index contributed by atoms with van der Waals surface area (Å²) in [6.45, 7) is 5.81. The Hall–Kier alpha value is -1.75. The number of hydrogen-bond acceptors (Lipinski definition) is 4. The van der Waals surface area contributed by atoms with Crippen LogP contribution >= 0.6 is 0 Å². The summed E-state index contributed by atoms with van der Waals surface area (Å²) in [7, 11) is 0. The van der Waals surface area contributed by atoms with Crippen molar-refractivity contribution in [2.45, 2.75) is 45.3 Å². The van der Waals surface area contributed by atoms with Crippen LogP contribution in [0.5, 0.6) is 5.75 Å². The molecule has 0 spiro atoms. The van der Waals surface area contributed by atoms with Gasteiger partial charge in [0.05, 0.1) is 18.8 Å². The highest BCUT2D eigenvalue weighted by atomic mass is 16.5. The molecule has 1 aliphatic rings. The van der Waals surface area contributed by atoms with Crippen LogP contribution in [0.4, 0.5) is 5.69 Å². The quantitative estimate of drug-likeness (QED) is 0.775. The van der Waals surface area contributed by atoms with Crippen molar-refractivity contribution in [3.8, 4) is 5.75 Å². The first-order valence-corrected chi connectivity index (χ1v) is 8.06. The summed E-state index contributed by atoms with van der Waals surface area (Å²) < 4.78 is 11.2. The van der Waals surface area contributed by atoms with Crippen LogP contribution in [-0.4, -0.2) is 37.8 Å². The molecule has 0 aliphatic carbocycles. The normalized spacial score (nSPS) is 18.7. The fourth-order valence-electron chi connectivity index (χ4n) is 2.24. The molecule has 1 heterocycles. The van der Waals surface area contributed by atoms with Gasteiger partial charge in [0.15, 0.2) is 0 Å². The van der Waals surface area contributed by atoms with E-state index < -0.39 is 0 Å². The van der Waals surface area contributed by atoms with E-state index in [1.165, 1.54) is 0 Å². The van der Waals surface area contributed by atoms with Gasteiger partial charge in [-0.15, -0.1) is 0 Å². The molecular weight excluding hydrogens is 280 g/mol. The molecule has 0 aromatic heterocycles. The standard InChI is InChI=1S/C17H26N2O3/c1-3-13(2)22-15-8-6-14(7-9-15)18-12-17(20)19-11-16-5-4-10-21-16/h6-9,13,16,18H,3-5,10-12H2,1-2H3,(H,19,20). The average Bonchev–Trinajstić information content (AvgIpc) is 3.05. The summed E-state index contributed by atoms with van der Waals surface area (Å²) >= 11 is 0. The first kappa shape index (κ1) is 16.6. The Morgan fingerprint density at radius 3 is 2.82 bits per heavy atom. The lowest BCUT2D eigenvalue weighted by molar-refractivity contribution is -0.119. The third-order valence-electron chi connectivity index (χ3n) is 3.77. The fraction of sp³-hybridized carbons (Fsp3) is 0.588. The maximum absolute atomic E-state index is 11.8. The van der Waals surface area contributed by atoms with E-state index in [4.69, 9.17) is 9.47 Å². The van der Waals surface area contributed by atoms with Gasteiger partial charge >= 0.3 is 0 Å². The Bertz CT molecular complexity index is 455. The number of hydrogen-bond donors (Lipinski definition) is 2. The molecule has 0 bridgehead atoms. The number of anilines is 1. The SMILES string of the molecule is CCC(C)Oc1ccc(NCC(=O)NCC2CCCO2)cc1. The molecule has 0 saturated carbocycles. The van der Waals surface area contributed by atoms with Crippen LogP contribution in [0.25, 0.3) is 0 Å². The second-order valence-corrected chi connectivity index (χ2v) is 5.65. The summed E-state index contributed by atoms with van der Waals surface area (Å²) in [4.78, 5) is 11.8. The molecule has 5 nitrogen and oxygen atoms in total. The van der Waals surface area contributed by atoms with Crippen LogP contribution in [0.2, 0.25) is 0 Å². The molecule has 22 heavy (non-hydrogen) atoms. The zero-order valence-corrected chi connectivity index (χ0v) is 13.4. The van der Waals surface area contributed by atoms with Crippen LogP contribution in [-0.2, 0) is 9.53 Å². The van der Waals surface area contributed by atoms with Gasteiger partial charge in [0.2, 0.25) is 5.91 Å². The number of rotatable bonds is 8. The van der Waals surface area contributed by atoms with Crippen molar-refractivity contribution in [3.05, 3.63) is 24.3 Å². The second kappa shape index (κ2) is 8.63. The molecule has 5 heteroatoms. The van der Waals surface area contributed by atoms with Gasteiger partial charge in [0.25, 0.3) is 0 Å². The van der Waals surface area contributed by atoms with Crippen molar-refractivity contribution < 1.29 is 14.3 Å². The second-order valence-electron chi connectivity index (χ2n) is 5.65. The fourth-order valence-corrected chi connectivity index (χ4v) is 2.24. The molecule has 0 radical (unpaired) electrons. The number of ether oxygens (including phenoxy) is 2. The summed E-state index contributed by atoms with van der Waals surface area (Å²) in [5, 5.41) is 5.99. The van der Waals surface area contributed by atoms with Gasteiger partial charge in [-0.05, 0) is 50.5 Å². The summed E-state index contributed by atoms with van der Waals surface area (Å²) in [6.07, 6.45) is 3.49. The number of amides is 1.